The van der Waals surface area contributed by atoms with Crippen molar-refractivity contribution in [1.82, 2.24) is 0 Å². The molecule has 0 radical (unpaired) electrons. The highest BCUT2D eigenvalue weighted by Crippen LogP contribution is 2.58. The number of rotatable bonds is 4. The molecule has 1 aliphatic heterocycles. The van der Waals surface area contributed by atoms with E-state index >= 15 is 0 Å². The molecular formula is C28H20O4S5. The Morgan fingerprint density at radius 2 is 0.919 bits per heavy atom. The van der Waals surface area contributed by atoms with E-state index in [4.69, 9.17) is 18.9 Å². The molecule has 0 aliphatic carbocycles. The molecule has 9 heteroatoms. The third-order valence-corrected chi connectivity index (χ3v) is 13.1. The molecule has 0 saturated carbocycles. The van der Waals surface area contributed by atoms with E-state index in [9.17, 15) is 0 Å². The number of ether oxygens (including phenoxy) is 4. The van der Waals surface area contributed by atoms with Crippen molar-refractivity contribution in [3.63, 3.8) is 0 Å². The summed E-state index contributed by atoms with van der Waals surface area (Å²) in [6.45, 7) is 0. The molecule has 0 unspecified atom stereocenters. The Kier molecular flexibility index (Phi) is 4.90. The van der Waals surface area contributed by atoms with Gasteiger partial charge in [-0.15, -0.1) is 45.3 Å². The second-order valence-corrected chi connectivity index (χ2v) is 14.3. The maximum atomic E-state index is 6.03. The van der Waals surface area contributed by atoms with Crippen LogP contribution >= 0.6 is 57.1 Å². The maximum Gasteiger partial charge on any atom is 0.180 e. The first-order chi connectivity index (χ1) is 18.2. The zero-order valence-corrected chi connectivity index (χ0v) is 24.5. The van der Waals surface area contributed by atoms with Crippen molar-refractivity contribution in [2.75, 3.05) is 28.4 Å². The standard InChI is InChI=1S/C28H20O4S5/c1-29-21-23(31-3)27-17-13-7-11(34-25(13)21)9-33-10-12-8-14-18-20-16(6-5-15(36-27)19(17)20)37-28(18)24(32-4)22(30-2)26(14)35-12/h5-8H,9-10H2,1-4H3. The minimum atomic E-state index is 0.828. The zero-order valence-electron chi connectivity index (χ0n) is 20.4. The Morgan fingerprint density at radius 3 is 1.32 bits per heavy atom. The normalized spacial score (nSPS) is 13.6. The molecule has 0 N–H and O–H groups in total. The minimum Gasteiger partial charge on any atom is -0.491 e. The predicted octanol–water partition coefficient (Wildman–Crippen LogP) is 9.63. The number of methoxy groups -OCH3 is 4. The van der Waals surface area contributed by atoms with Crippen molar-refractivity contribution in [2.45, 2.75) is 11.5 Å². The highest BCUT2D eigenvalue weighted by Gasteiger charge is 2.28. The summed E-state index contributed by atoms with van der Waals surface area (Å²) >= 11 is 9.18. The average Bonchev–Trinajstić information content (AvgIpc) is 3.67. The van der Waals surface area contributed by atoms with Gasteiger partial charge in [0.2, 0.25) is 0 Å². The van der Waals surface area contributed by atoms with Crippen molar-refractivity contribution in [3.05, 3.63) is 34.0 Å². The Morgan fingerprint density at radius 1 is 0.514 bits per heavy atom. The summed E-state index contributed by atoms with van der Waals surface area (Å²) in [5, 5.41) is 7.64. The highest BCUT2D eigenvalue weighted by molar-refractivity contribution is 7.98. The number of hydrogen-bond acceptors (Lipinski definition) is 9. The molecule has 8 rings (SSSR count). The van der Waals surface area contributed by atoms with Crippen LogP contribution in [0.25, 0.3) is 60.5 Å². The Bertz CT molecular complexity index is 1930. The topological polar surface area (TPSA) is 36.9 Å². The van der Waals surface area contributed by atoms with Crippen molar-refractivity contribution in [2.24, 2.45) is 0 Å². The van der Waals surface area contributed by atoms with Crippen LogP contribution in [-0.2, 0) is 11.5 Å². The number of thiophene rings is 4. The molecule has 3 aromatic carbocycles. The highest BCUT2D eigenvalue weighted by atomic mass is 32.2. The van der Waals surface area contributed by atoms with E-state index in [1.807, 2.05) is 34.4 Å². The van der Waals surface area contributed by atoms with Crippen LogP contribution in [0.15, 0.2) is 24.3 Å². The van der Waals surface area contributed by atoms with Gasteiger partial charge in [-0.05, 0) is 24.3 Å². The van der Waals surface area contributed by atoms with Gasteiger partial charge in [-0.25, -0.2) is 0 Å². The molecule has 37 heavy (non-hydrogen) atoms. The van der Waals surface area contributed by atoms with Crippen molar-refractivity contribution >= 4 is 118 Å². The zero-order chi connectivity index (χ0) is 25.0. The molecule has 4 aromatic heterocycles. The summed E-state index contributed by atoms with van der Waals surface area (Å²) in [6, 6.07) is 9.28. The molecular weight excluding hydrogens is 561 g/mol. The Balaban J connectivity index is 1.73. The lowest BCUT2D eigenvalue weighted by Crippen LogP contribution is -1.91. The van der Waals surface area contributed by atoms with E-state index in [0.717, 1.165) is 53.3 Å². The number of thioether (sulfide) groups is 1. The lowest BCUT2D eigenvalue weighted by Gasteiger charge is -2.11. The van der Waals surface area contributed by atoms with Gasteiger partial charge >= 0.3 is 0 Å². The molecule has 5 heterocycles. The van der Waals surface area contributed by atoms with Crippen LogP contribution in [-0.4, -0.2) is 28.4 Å². The fraction of sp³-hybridized carbons (Fsp3) is 0.214. The summed E-state index contributed by atoms with van der Waals surface area (Å²) in [6.07, 6.45) is 0. The summed E-state index contributed by atoms with van der Waals surface area (Å²) in [5.74, 6) is 5.24. The van der Waals surface area contributed by atoms with Gasteiger partial charge in [-0.2, -0.15) is 11.8 Å². The average molecular weight is 581 g/mol. The van der Waals surface area contributed by atoms with Gasteiger partial charge in [-0.1, -0.05) is 0 Å². The Labute approximate surface area is 232 Å². The summed E-state index contributed by atoms with van der Waals surface area (Å²) < 4.78 is 31.1. The van der Waals surface area contributed by atoms with Crippen LogP contribution in [0.4, 0.5) is 0 Å². The largest absolute Gasteiger partial charge is 0.491 e. The molecule has 7 aromatic rings. The smallest absolute Gasteiger partial charge is 0.180 e. The fourth-order valence-corrected chi connectivity index (χ4v) is 11.8. The fourth-order valence-electron chi connectivity index (χ4n) is 5.76. The van der Waals surface area contributed by atoms with E-state index in [0.29, 0.717) is 0 Å². The first-order valence-corrected chi connectivity index (χ1v) is 16.1. The van der Waals surface area contributed by atoms with Gasteiger partial charge in [0.05, 0.1) is 47.2 Å². The molecule has 0 saturated heterocycles. The van der Waals surface area contributed by atoms with Crippen molar-refractivity contribution in [1.29, 1.82) is 0 Å². The number of benzene rings is 3. The molecule has 0 amide bonds. The van der Waals surface area contributed by atoms with E-state index in [1.165, 1.54) is 51.5 Å². The predicted molar refractivity (Wildman–Crippen MR) is 164 cm³/mol. The molecule has 4 nitrogen and oxygen atoms in total. The van der Waals surface area contributed by atoms with Crippen LogP contribution < -0.4 is 18.9 Å². The SMILES string of the molecule is COc1c(OC)c2sc3ccc4sc5c(OC)c(OC)c6sc7cc6c5c4c3c2c2cc(sc12)CSC7. The van der Waals surface area contributed by atoms with Crippen molar-refractivity contribution < 1.29 is 18.9 Å². The number of fused-ring (bicyclic) bond motifs is 2. The van der Waals surface area contributed by atoms with E-state index in [-0.39, 0.29) is 0 Å². The summed E-state index contributed by atoms with van der Waals surface area (Å²) in [5.41, 5.74) is 0. The van der Waals surface area contributed by atoms with E-state index in [1.54, 1.807) is 51.1 Å². The first kappa shape index (κ1) is 22.5. The molecule has 1 aliphatic rings. The quantitative estimate of drug-likeness (QED) is 0.207. The third kappa shape index (κ3) is 2.84. The van der Waals surface area contributed by atoms with Gasteiger partial charge in [0.15, 0.2) is 23.0 Å². The van der Waals surface area contributed by atoms with Crippen LogP contribution in [0.3, 0.4) is 0 Å². The molecule has 0 atom stereocenters. The van der Waals surface area contributed by atoms with Crippen LogP contribution in [0, 0.1) is 0 Å². The van der Waals surface area contributed by atoms with Gasteiger partial charge in [0.1, 0.15) is 0 Å². The van der Waals surface area contributed by atoms with Crippen LogP contribution in [0.5, 0.6) is 23.0 Å². The van der Waals surface area contributed by atoms with E-state index < -0.39 is 0 Å². The molecule has 0 spiro atoms. The van der Waals surface area contributed by atoms with Gasteiger partial charge in [-0.3, -0.25) is 0 Å². The molecule has 4 bridgehead atoms. The van der Waals surface area contributed by atoms with Gasteiger partial charge in [0.25, 0.3) is 0 Å². The Hall–Kier alpha value is -2.43. The third-order valence-electron chi connectivity index (χ3n) is 7.15. The second kappa shape index (κ2) is 8.04. The van der Waals surface area contributed by atoms with Crippen LogP contribution in [0.2, 0.25) is 0 Å². The molecule has 0 fully saturated rings. The maximum absolute atomic E-state index is 6.03. The monoisotopic (exact) mass is 580 g/mol. The van der Waals surface area contributed by atoms with Gasteiger partial charge in [0, 0.05) is 63.0 Å². The van der Waals surface area contributed by atoms with Crippen molar-refractivity contribution in [3.8, 4) is 23.0 Å². The van der Waals surface area contributed by atoms with Gasteiger partial charge < -0.3 is 18.9 Å². The van der Waals surface area contributed by atoms with E-state index in [2.05, 4.69) is 24.3 Å². The summed E-state index contributed by atoms with van der Waals surface area (Å²) in [7, 11) is 6.99. The molecule has 186 valence electrons. The number of hydrogen-bond donors (Lipinski definition) is 0. The van der Waals surface area contributed by atoms with Crippen LogP contribution in [0.1, 0.15) is 9.75 Å². The lowest BCUT2D eigenvalue weighted by atomic mass is 10.0. The minimum absolute atomic E-state index is 0.828. The second-order valence-electron chi connectivity index (χ2n) is 8.96. The lowest BCUT2D eigenvalue weighted by molar-refractivity contribution is 0.363. The summed E-state index contributed by atoms with van der Waals surface area (Å²) in [4.78, 5) is 2.71. The first-order valence-electron chi connectivity index (χ1n) is 11.7.